The Labute approximate surface area is 144 Å². The van der Waals surface area contributed by atoms with Crippen LogP contribution in [0, 0.1) is 10.1 Å². The fraction of sp³-hybridized carbons (Fsp3) is 0.0667. The minimum Gasteiger partial charge on any atom is -0.401 e. The standard InChI is InChI=1S/C15H11N3O4S2/c1-2-7-17-14(19)13-11(6-9-23-13)16-15(17)24-8-5-10-3-4-12(22-10)18(20)21/h2-6,8-9H,1,7H2/b8-5+. The largest absolute Gasteiger partial charge is 0.433 e. The van der Waals surface area contributed by atoms with Crippen LogP contribution in [0.15, 0.2) is 56.0 Å². The third-order valence-electron chi connectivity index (χ3n) is 3.04. The number of fused-ring (bicyclic) bond motifs is 1. The molecule has 9 heteroatoms. The van der Waals surface area contributed by atoms with E-state index in [1.165, 1.54) is 39.8 Å². The molecule has 0 aliphatic heterocycles. The molecular weight excluding hydrogens is 350 g/mol. The lowest BCUT2D eigenvalue weighted by Crippen LogP contribution is -2.21. The van der Waals surface area contributed by atoms with Crippen LogP contribution in [0.25, 0.3) is 16.3 Å². The first-order valence-corrected chi connectivity index (χ1v) is 8.52. The van der Waals surface area contributed by atoms with Gasteiger partial charge >= 0.3 is 5.88 Å². The molecule has 0 amide bonds. The minimum atomic E-state index is -0.599. The summed E-state index contributed by atoms with van der Waals surface area (Å²) in [6, 6.07) is 4.58. The van der Waals surface area contributed by atoms with Crippen molar-refractivity contribution in [3.05, 3.63) is 67.9 Å². The van der Waals surface area contributed by atoms with Gasteiger partial charge in [-0.05, 0) is 29.0 Å². The summed E-state index contributed by atoms with van der Waals surface area (Å²) < 4.78 is 7.18. The van der Waals surface area contributed by atoms with Crippen LogP contribution in [0.3, 0.4) is 0 Å². The highest BCUT2D eigenvalue weighted by atomic mass is 32.2. The molecule has 0 unspecified atom stereocenters. The average molecular weight is 361 g/mol. The first-order chi connectivity index (χ1) is 11.6. The van der Waals surface area contributed by atoms with E-state index in [1.807, 2.05) is 5.38 Å². The second kappa shape index (κ2) is 6.85. The molecule has 0 aromatic carbocycles. The van der Waals surface area contributed by atoms with Crippen LogP contribution in [-0.2, 0) is 6.54 Å². The summed E-state index contributed by atoms with van der Waals surface area (Å²) in [5.74, 6) is 0.0319. The Bertz CT molecular complexity index is 1000. The molecule has 0 N–H and O–H groups in total. The van der Waals surface area contributed by atoms with Crippen LogP contribution < -0.4 is 5.56 Å². The van der Waals surface area contributed by atoms with Crippen LogP contribution in [0.1, 0.15) is 5.76 Å². The van der Waals surface area contributed by atoms with Crippen molar-refractivity contribution in [2.45, 2.75) is 11.7 Å². The Morgan fingerprint density at radius 2 is 2.29 bits per heavy atom. The molecule has 122 valence electrons. The highest BCUT2D eigenvalue weighted by molar-refractivity contribution is 8.02. The predicted octanol–water partition coefficient (Wildman–Crippen LogP) is 3.91. The lowest BCUT2D eigenvalue weighted by molar-refractivity contribution is -0.402. The van der Waals surface area contributed by atoms with Crippen molar-refractivity contribution in [1.29, 1.82) is 0 Å². The van der Waals surface area contributed by atoms with Gasteiger partial charge in [0.15, 0.2) is 5.16 Å². The highest BCUT2D eigenvalue weighted by Gasteiger charge is 2.12. The molecule has 0 aliphatic rings. The normalized spacial score (nSPS) is 11.3. The molecule has 3 aromatic heterocycles. The van der Waals surface area contributed by atoms with Crippen molar-refractivity contribution >= 4 is 45.3 Å². The molecule has 0 radical (unpaired) electrons. The van der Waals surface area contributed by atoms with Crippen LogP contribution in [0.2, 0.25) is 0 Å². The number of thiophene rings is 1. The molecule has 0 bridgehead atoms. The van der Waals surface area contributed by atoms with Crippen molar-refractivity contribution in [1.82, 2.24) is 9.55 Å². The van der Waals surface area contributed by atoms with Crippen molar-refractivity contribution in [2.75, 3.05) is 0 Å². The van der Waals surface area contributed by atoms with Crippen molar-refractivity contribution < 1.29 is 9.34 Å². The van der Waals surface area contributed by atoms with E-state index >= 15 is 0 Å². The maximum absolute atomic E-state index is 12.5. The van der Waals surface area contributed by atoms with Gasteiger partial charge in [0.25, 0.3) is 5.56 Å². The molecule has 3 rings (SSSR count). The van der Waals surface area contributed by atoms with E-state index in [0.717, 1.165) is 0 Å². The quantitative estimate of drug-likeness (QED) is 0.217. The zero-order chi connectivity index (χ0) is 17.1. The van der Waals surface area contributed by atoms with Gasteiger partial charge in [-0.25, -0.2) is 4.98 Å². The van der Waals surface area contributed by atoms with Gasteiger partial charge in [-0.3, -0.25) is 19.5 Å². The Kier molecular flexibility index (Phi) is 4.63. The van der Waals surface area contributed by atoms with Crippen LogP contribution in [-0.4, -0.2) is 14.5 Å². The molecule has 0 fully saturated rings. The number of hydrogen-bond acceptors (Lipinski definition) is 7. The zero-order valence-corrected chi connectivity index (χ0v) is 13.9. The van der Waals surface area contributed by atoms with E-state index in [2.05, 4.69) is 11.6 Å². The van der Waals surface area contributed by atoms with Gasteiger partial charge in [0.2, 0.25) is 0 Å². The van der Waals surface area contributed by atoms with E-state index in [4.69, 9.17) is 4.42 Å². The first-order valence-electron chi connectivity index (χ1n) is 6.76. The molecule has 3 heterocycles. The number of rotatable bonds is 6. The van der Waals surface area contributed by atoms with E-state index in [0.29, 0.717) is 27.7 Å². The van der Waals surface area contributed by atoms with Crippen molar-refractivity contribution in [3.63, 3.8) is 0 Å². The molecule has 0 spiro atoms. The number of allylic oxidation sites excluding steroid dienone is 1. The molecule has 7 nitrogen and oxygen atoms in total. The molecule has 0 atom stereocenters. The molecule has 0 saturated heterocycles. The van der Waals surface area contributed by atoms with Gasteiger partial charge in [0, 0.05) is 6.54 Å². The molecule has 0 aliphatic carbocycles. The predicted molar refractivity (Wildman–Crippen MR) is 94.3 cm³/mol. The van der Waals surface area contributed by atoms with Gasteiger partial charge in [0.05, 0.1) is 11.6 Å². The Hall–Kier alpha value is -2.65. The van der Waals surface area contributed by atoms with Crippen LogP contribution in [0.4, 0.5) is 5.88 Å². The van der Waals surface area contributed by atoms with Gasteiger partial charge in [0.1, 0.15) is 15.4 Å². The van der Waals surface area contributed by atoms with Crippen molar-refractivity contribution in [3.8, 4) is 0 Å². The third-order valence-corrected chi connectivity index (χ3v) is 4.73. The van der Waals surface area contributed by atoms with Crippen LogP contribution in [0.5, 0.6) is 0 Å². The monoisotopic (exact) mass is 361 g/mol. The summed E-state index contributed by atoms with van der Waals surface area (Å²) in [6.07, 6.45) is 3.21. The number of furan rings is 1. The topological polar surface area (TPSA) is 91.2 Å². The SMILES string of the molecule is C=CCn1c(S/C=C/c2ccc([N+](=O)[O-])o2)nc2ccsc2c1=O. The molecule has 0 saturated carbocycles. The average Bonchev–Trinajstić information content (AvgIpc) is 3.20. The lowest BCUT2D eigenvalue weighted by Gasteiger charge is -2.07. The minimum absolute atomic E-state index is 0.112. The summed E-state index contributed by atoms with van der Waals surface area (Å²) in [7, 11) is 0. The Morgan fingerprint density at radius 1 is 1.46 bits per heavy atom. The summed E-state index contributed by atoms with van der Waals surface area (Å²) in [5, 5.41) is 14.6. The second-order valence-corrected chi connectivity index (χ2v) is 6.38. The highest BCUT2D eigenvalue weighted by Crippen LogP contribution is 2.23. The maximum atomic E-state index is 12.5. The van der Waals surface area contributed by atoms with E-state index in [9.17, 15) is 14.9 Å². The lowest BCUT2D eigenvalue weighted by atomic mass is 10.4. The fourth-order valence-electron chi connectivity index (χ4n) is 2.00. The number of aromatic nitrogens is 2. The van der Waals surface area contributed by atoms with E-state index in [-0.39, 0.29) is 11.4 Å². The van der Waals surface area contributed by atoms with E-state index < -0.39 is 4.92 Å². The van der Waals surface area contributed by atoms with Crippen LogP contribution >= 0.6 is 23.1 Å². The first kappa shape index (κ1) is 16.2. The number of nitrogens with zero attached hydrogens (tertiary/aromatic N) is 3. The number of thioether (sulfide) groups is 1. The Balaban J connectivity index is 1.89. The summed E-state index contributed by atoms with van der Waals surface area (Å²) in [4.78, 5) is 26.9. The molecular formula is C15H11N3O4S2. The second-order valence-electron chi connectivity index (χ2n) is 4.59. The maximum Gasteiger partial charge on any atom is 0.433 e. The van der Waals surface area contributed by atoms with Gasteiger partial charge < -0.3 is 4.42 Å². The number of nitro groups is 1. The summed E-state index contributed by atoms with van der Waals surface area (Å²) in [5.41, 5.74) is 0.536. The van der Waals surface area contributed by atoms with Gasteiger partial charge in [-0.15, -0.1) is 17.9 Å². The number of hydrogen-bond donors (Lipinski definition) is 0. The fourth-order valence-corrected chi connectivity index (χ4v) is 3.53. The summed E-state index contributed by atoms with van der Waals surface area (Å²) >= 11 is 2.58. The molecule has 24 heavy (non-hydrogen) atoms. The molecule has 3 aromatic rings. The van der Waals surface area contributed by atoms with Crippen molar-refractivity contribution in [2.24, 2.45) is 0 Å². The Morgan fingerprint density at radius 3 is 3.00 bits per heavy atom. The van der Waals surface area contributed by atoms with Gasteiger partial charge in [-0.2, -0.15) is 0 Å². The van der Waals surface area contributed by atoms with E-state index in [1.54, 1.807) is 23.6 Å². The zero-order valence-electron chi connectivity index (χ0n) is 12.2. The third kappa shape index (κ3) is 3.17. The van der Waals surface area contributed by atoms with Gasteiger partial charge in [-0.1, -0.05) is 17.8 Å². The summed E-state index contributed by atoms with van der Waals surface area (Å²) in [6.45, 7) is 4.01. The smallest absolute Gasteiger partial charge is 0.401 e.